The Morgan fingerprint density at radius 2 is 1.71 bits per heavy atom. The maximum atomic E-state index is 11.7. The van der Waals surface area contributed by atoms with Crippen LogP contribution in [0.1, 0.15) is 66.7 Å². The second-order valence-electron chi connectivity index (χ2n) is 6.70. The van der Waals surface area contributed by atoms with E-state index in [1.54, 1.807) is 0 Å². The fraction of sp³-hybridized carbons (Fsp3) is 0.938. The molecule has 0 fully saturated rings. The molecule has 0 aliphatic heterocycles. The van der Waals surface area contributed by atoms with Crippen molar-refractivity contribution in [3.8, 4) is 0 Å². The lowest BCUT2D eigenvalue weighted by atomic mass is 10.1. The summed E-state index contributed by atoms with van der Waals surface area (Å²) >= 11 is 3.46. The number of carbonyl (C=O) groups excluding carboxylic acids is 1. The number of amides is 1. The Morgan fingerprint density at radius 1 is 1.10 bits per heavy atom. The molecule has 21 heavy (non-hydrogen) atoms. The smallest absolute Gasteiger partial charge is 0.407 e. The Balaban J connectivity index is 3.96. The Kier molecular flexibility index (Phi) is 10.3. The van der Waals surface area contributed by atoms with Gasteiger partial charge in [-0.25, -0.2) is 4.79 Å². The predicted molar refractivity (Wildman–Crippen MR) is 91.1 cm³/mol. The Hall–Kier alpha value is -0.290. The van der Waals surface area contributed by atoms with Gasteiger partial charge in [0.2, 0.25) is 0 Å². The average Bonchev–Trinajstić information content (AvgIpc) is 2.39. The molecule has 1 atom stereocenters. The minimum absolute atomic E-state index is 0.401. The van der Waals surface area contributed by atoms with Crippen LogP contribution in [-0.4, -0.2) is 35.8 Å². The predicted octanol–water partition coefficient (Wildman–Crippen LogP) is 4.65. The molecule has 0 aliphatic carbocycles. The standard InChI is InChI=1S/C16H32BrNO3/c1-6-7-8-9-10-11-20-16(5,12-17)13-18-14(19)21-15(2,3)4/h6-13H2,1-5H3,(H,18,19). The van der Waals surface area contributed by atoms with Gasteiger partial charge in [-0.3, -0.25) is 0 Å². The summed E-state index contributed by atoms with van der Waals surface area (Å²) in [5.74, 6) is 0. The largest absolute Gasteiger partial charge is 0.444 e. The third kappa shape index (κ3) is 12.0. The summed E-state index contributed by atoms with van der Waals surface area (Å²) in [7, 11) is 0. The minimum atomic E-state index is -0.477. The van der Waals surface area contributed by atoms with Crippen molar-refractivity contribution in [1.82, 2.24) is 5.32 Å². The molecule has 0 aromatic rings. The highest BCUT2D eigenvalue weighted by molar-refractivity contribution is 9.09. The van der Waals surface area contributed by atoms with Gasteiger partial charge in [-0.1, -0.05) is 48.5 Å². The van der Waals surface area contributed by atoms with E-state index in [-0.39, 0.29) is 0 Å². The molecule has 0 rings (SSSR count). The summed E-state index contributed by atoms with van der Waals surface area (Å²) < 4.78 is 11.1. The van der Waals surface area contributed by atoms with E-state index in [0.717, 1.165) is 13.0 Å². The highest BCUT2D eigenvalue weighted by Crippen LogP contribution is 2.15. The number of unbranched alkanes of at least 4 members (excludes halogenated alkanes) is 4. The van der Waals surface area contributed by atoms with Crippen LogP contribution < -0.4 is 5.32 Å². The third-order valence-electron chi connectivity index (χ3n) is 2.99. The molecule has 1 N–H and O–H groups in total. The zero-order valence-corrected chi connectivity index (χ0v) is 15.8. The van der Waals surface area contributed by atoms with Gasteiger partial charge >= 0.3 is 6.09 Å². The van der Waals surface area contributed by atoms with E-state index in [1.807, 2.05) is 27.7 Å². The molecule has 126 valence electrons. The van der Waals surface area contributed by atoms with Crippen LogP contribution in [0.3, 0.4) is 0 Å². The SMILES string of the molecule is CCCCCCCOC(C)(CBr)CNC(=O)OC(C)(C)C. The lowest BCUT2D eigenvalue weighted by molar-refractivity contribution is -0.0166. The number of alkyl halides is 1. The quantitative estimate of drug-likeness (QED) is 0.452. The highest BCUT2D eigenvalue weighted by Gasteiger charge is 2.25. The van der Waals surface area contributed by atoms with Gasteiger partial charge < -0.3 is 14.8 Å². The van der Waals surface area contributed by atoms with Crippen LogP contribution in [0.2, 0.25) is 0 Å². The van der Waals surface area contributed by atoms with E-state index in [1.165, 1.54) is 25.7 Å². The minimum Gasteiger partial charge on any atom is -0.444 e. The van der Waals surface area contributed by atoms with E-state index in [0.29, 0.717) is 11.9 Å². The van der Waals surface area contributed by atoms with Gasteiger partial charge in [0.15, 0.2) is 0 Å². The number of nitrogens with one attached hydrogen (secondary N) is 1. The van der Waals surface area contributed by atoms with Crippen molar-refractivity contribution in [1.29, 1.82) is 0 Å². The molecule has 1 unspecified atom stereocenters. The first-order valence-corrected chi connectivity index (χ1v) is 9.01. The van der Waals surface area contributed by atoms with Crippen molar-refractivity contribution >= 4 is 22.0 Å². The Morgan fingerprint density at radius 3 is 2.24 bits per heavy atom. The van der Waals surface area contributed by atoms with Crippen molar-refractivity contribution in [3.63, 3.8) is 0 Å². The fourth-order valence-electron chi connectivity index (χ4n) is 1.73. The van der Waals surface area contributed by atoms with E-state index in [9.17, 15) is 4.79 Å². The molecule has 0 bridgehead atoms. The lowest BCUT2D eigenvalue weighted by Gasteiger charge is -2.29. The summed E-state index contributed by atoms with van der Waals surface area (Å²) in [6, 6.07) is 0. The second kappa shape index (κ2) is 10.4. The molecule has 0 heterocycles. The number of ether oxygens (including phenoxy) is 2. The molecule has 1 amide bonds. The molecule has 0 aromatic heterocycles. The lowest BCUT2D eigenvalue weighted by Crippen LogP contribution is -2.45. The number of carbonyl (C=O) groups is 1. The summed E-state index contributed by atoms with van der Waals surface area (Å²) in [5, 5.41) is 3.45. The molecule has 0 aromatic carbocycles. The van der Waals surface area contributed by atoms with Crippen LogP contribution in [0.15, 0.2) is 0 Å². The van der Waals surface area contributed by atoms with Crippen LogP contribution in [0.5, 0.6) is 0 Å². The number of halogens is 1. The van der Waals surface area contributed by atoms with Crippen LogP contribution >= 0.6 is 15.9 Å². The molecule has 0 radical (unpaired) electrons. The topological polar surface area (TPSA) is 47.6 Å². The van der Waals surface area contributed by atoms with Crippen molar-refractivity contribution in [3.05, 3.63) is 0 Å². The third-order valence-corrected chi connectivity index (χ3v) is 4.17. The summed E-state index contributed by atoms with van der Waals surface area (Å²) in [6.45, 7) is 10.9. The fourth-order valence-corrected chi connectivity index (χ4v) is 2.09. The van der Waals surface area contributed by atoms with E-state index >= 15 is 0 Å². The first-order valence-electron chi connectivity index (χ1n) is 7.89. The zero-order valence-electron chi connectivity index (χ0n) is 14.3. The average molecular weight is 366 g/mol. The molecular formula is C16H32BrNO3. The van der Waals surface area contributed by atoms with Gasteiger partial charge in [-0.15, -0.1) is 0 Å². The molecule has 0 aliphatic rings. The van der Waals surface area contributed by atoms with Crippen molar-refractivity contribution < 1.29 is 14.3 Å². The summed E-state index contributed by atoms with van der Waals surface area (Å²) in [5.41, 5.74) is -0.878. The van der Waals surface area contributed by atoms with Gasteiger partial charge in [0.25, 0.3) is 0 Å². The van der Waals surface area contributed by atoms with Crippen LogP contribution in [0.25, 0.3) is 0 Å². The maximum absolute atomic E-state index is 11.7. The van der Waals surface area contributed by atoms with E-state index in [4.69, 9.17) is 9.47 Å². The van der Waals surface area contributed by atoms with Crippen LogP contribution in [0, 0.1) is 0 Å². The molecule has 0 saturated carbocycles. The van der Waals surface area contributed by atoms with Gasteiger partial charge in [0, 0.05) is 11.9 Å². The number of hydrogen-bond acceptors (Lipinski definition) is 3. The molecule has 0 spiro atoms. The number of rotatable bonds is 10. The van der Waals surface area contributed by atoms with Gasteiger partial charge in [0.1, 0.15) is 5.60 Å². The van der Waals surface area contributed by atoms with Crippen LogP contribution in [-0.2, 0) is 9.47 Å². The van der Waals surface area contributed by atoms with Crippen molar-refractivity contribution in [2.24, 2.45) is 0 Å². The van der Waals surface area contributed by atoms with E-state index in [2.05, 4.69) is 28.2 Å². The molecule has 0 saturated heterocycles. The summed E-state index contributed by atoms with van der Waals surface area (Å²) in [6.07, 6.45) is 5.67. The first-order chi connectivity index (χ1) is 9.72. The second-order valence-corrected chi connectivity index (χ2v) is 7.26. The maximum Gasteiger partial charge on any atom is 0.407 e. The first kappa shape index (κ1) is 20.7. The summed E-state index contributed by atoms with van der Waals surface area (Å²) in [4.78, 5) is 11.7. The number of hydrogen-bond donors (Lipinski definition) is 1. The van der Waals surface area contributed by atoms with E-state index < -0.39 is 17.3 Å². The van der Waals surface area contributed by atoms with Gasteiger partial charge in [0.05, 0.1) is 12.1 Å². The van der Waals surface area contributed by atoms with Crippen LogP contribution in [0.4, 0.5) is 4.79 Å². The van der Waals surface area contributed by atoms with Crippen molar-refractivity contribution in [2.45, 2.75) is 77.9 Å². The Bertz CT molecular complexity index is 292. The molecular weight excluding hydrogens is 334 g/mol. The van der Waals surface area contributed by atoms with Crippen molar-refractivity contribution in [2.75, 3.05) is 18.5 Å². The zero-order chi connectivity index (χ0) is 16.4. The normalized spacial score (nSPS) is 14.6. The molecule has 5 heteroatoms. The van der Waals surface area contributed by atoms with Gasteiger partial charge in [-0.05, 0) is 34.1 Å². The Labute approximate surface area is 138 Å². The number of alkyl carbamates (subject to hydrolysis) is 1. The highest BCUT2D eigenvalue weighted by atomic mass is 79.9. The molecule has 4 nitrogen and oxygen atoms in total. The van der Waals surface area contributed by atoms with Gasteiger partial charge in [-0.2, -0.15) is 0 Å². The monoisotopic (exact) mass is 365 g/mol.